The number of anilines is 1. The van der Waals surface area contributed by atoms with Crippen molar-refractivity contribution in [1.82, 2.24) is 0 Å². The SMILES string of the molecule is CCO[S@@](=O)c1ccc(NC(C)=O)cc1. The molecule has 4 nitrogen and oxygen atoms in total. The molecule has 5 heteroatoms. The van der Waals surface area contributed by atoms with Gasteiger partial charge in [0.1, 0.15) is 0 Å². The van der Waals surface area contributed by atoms with E-state index in [9.17, 15) is 9.00 Å². The Morgan fingerprint density at radius 3 is 2.47 bits per heavy atom. The molecule has 0 heterocycles. The highest BCUT2D eigenvalue weighted by Crippen LogP contribution is 2.13. The van der Waals surface area contributed by atoms with Gasteiger partial charge in [0, 0.05) is 12.6 Å². The molecule has 0 saturated carbocycles. The van der Waals surface area contributed by atoms with Crippen molar-refractivity contribution < 1.29 is 13.2 Å². The molecular weight excluding hydrogens is 214 g/mol. The highest BCUT2D eigenvalue weighted by atomic mass is 32.2. The lowest BCUT2D eigenvalue weighted by atomic mass is 10.3. The Hall–Kier alpha value is -1.20. The molecule has 0 aromatic heterocycles. The van der Waals surface area contributed by atoms with Crippen molar-refractivity contribution in [2.75, 3.05) is 11.9 Å². The van der Waals surface area contributed by atoms with Crippen LogP contribution in [-0.4, -0.2) is 16.7 Å². The van der Waals surface area contributed by atoms with E-state index in [1.807, 2.05) is 0 Å². The summed E-state index contributed by atoms with van der Waals surface area (Å²) in [6.07, 6.45) is 0. The number of carbonyl (C=O) groups is 1. The van der Waals surface area contributed by atoms with Gasteiger partial charge in [-0.15, -0.1) is 0 Å². The summed E-state index contributed by atoms with van der Waals surface area (Å²) in [4.78, 5) is 11.3. The van der Waals surface area contributed by atoms with Crippen molar-refractivity contribution in [3.05, 3.63) is 24.3 Å². The van der Waals surface area contributed by atoms with E-state index in [-0.39, 0.29) is 5.91 Å². The predicted molar refractivity (Wildman–Crippen MR) is 58.8 cm³/mol. The van der Waals surface area contributed by atoms with Crippen LogP contribution in [0.4, 0.5) is 5.69 Å². The van der Waals surface area contributed by atoms with Gasteiger partial charge in [0.25, 0.3) is 0 Å². The first-order valence-electron chi connectivity index (χ1n) is 4.56. The van der Waals surface area contributed by atoms with Gasteiger partial charge in [-0.05, 0) is 31.2 Å². The van der Waals surface area contributed by atoms with E-state index < -0.39 is 11.1 Å². The van der Waals surface area contributed by atoms with Crippen LogP contribution in [0.5, 0.6) is 0 Å². The molecule has 1 aromatic rings. The fourth-order valence-electron chi connectivity index (χ4n) is 1.03. The van der Waals surface area contributed by atoms with Gasteiger partial charge in [-0.1, -0.05) is 0 Å². The van der Waals surface area contributed by atoms with E-state index in [2.05, 4.69) is 5.32 Å². The Morgan fingerprint density at radius 2 is 2.00 bits per heavy atom. The van der Waals surface area contributed by atoms with E-state index >= 15 is 0 Å². The smallest absolute Gasteiger partial charge is 0.221 e. The first-order chi connectivity index (χ1) is 7.13. The number of hydrogen-bond donors (Lipinski definition) is 1. The predicted octanol–water partition coefficient (Wildman–Crippen LogP) is 1.70. The minimum Gasteiger partial charge on any atom is -0.326 e. The highest BCUT2D eigenvalue weighted by Gasteiger charge is 2.03. The first-order valence-corrected chi connectivity index (χ1v) is 5.63. The lowest BCUT2D eigenvalue weighted by Gasteiger charge is -2.03. The summed E-state index contributed by atoms with van der Waals surface area (Å²) in [5, 5.41) is 2.62. The van der Waals surface area contributed by atoms with Gasteiger partial charge < -0.3 is 5.32 Å². The topological polar surface area (TPSA) is 55.4 Å². The van der Waals surface area contributed by atoms with E-state index in [1.165, 1.54) is 6.92 Å². The molecule has 0 aliphatic rings. The van der Waals surface area contributed by atoms with E-state index in [0.29, 0.717) is 17.2 Å². The second-order valence-electron chi connectivity index (χ2n) is 2.85. The summed E-state index contributed by atoms with van der Waals surface area (Å²) in [7, 11) is 0. The van der Waals surface area contributed by atoms with Crippen molar-refractivity contribution in [1.29, 1.82) is 0 Å². The minimum absolute atomic E-state index is 0.131. The number of nitrogens with one attached hydrogen (secondary N) is 1. The molecule has 0 spiro atoms. The average molecular weight is 227 g/mol. The fraction of sp³-hybridized carbons (Fsp3) is 0.300. The Morgan fingerprint density at radius 1 is 1.40 bits per heavy atom. The molecule has 0 bridgehead atoms. The lowest BCUT2D eigenvalue weighted by molar-refractivity contribution is -0.114. The van der Waals surface area contributed by atoms with Crippen LogP contribution in [0.15, 0.2) is 29.2 Å². The molecule has 1 aromatic carbocycles. The monoisotopic (exact) mass is 227 g/mol. The van der Waals surface area contributed by atoms with Gasteiger partial charge in [0.15, 0.2) is 11.1 Å². The Labute approximate surface area is 91.3 Å². The zero-order valence-electron chi connectivity index (χ0n) is 8.65. The fourth-order valence-corrected chi connectivity index (χ4v) is 1.74. The van der Waals surface area contributed by atoms with Crippen molar-refractivity contribution >= 4 is 22.7 Å². The number of amides is 1. The standard InChI is InChI=1S/C10H13NO3S/c1-3-14-15(13)10-6-4-9(5-7-10)11-8(2)12/h4-7H,3H2,1-2H3,(H,11,12)/t15-/m1/s1. The number of hydrogen-bond acceptors (Lipinski definition) is 3. The molecule has 1 rings (SSSR count). The summed E-state index contributed by atoms with van der Waals surface area (Å²) < 4.78 is 16.3. The molecule has 0 fully saturated rings. The molecule has 1 atom stereocenters. The third-order valence-corrected chi connectivity index (χ3v) is 2.70. The third-order valence-electron chi connectivity index (χ3n) is 1.59. The van der Waals surface area contributed by atoms with Gasteiger partial charge in [-0.3, -0.25) is 8.98 Å². The molecule has 1 amide bonds. The van der Waals surface area contributed by atoms with Crippen LogP contribution in [0, 0.1) is 0 Å². The first kappa shape index (κ1) is 11.9. The van der Waals surface area contributed by atoms with Gasteiger partial charge in [0.05, 0.1) is 11.5 Å². The van der Waals surface area contributed by atoms with Crippen molar-refractivity contribution in [2.45, 2.75) is 18.7 Å². The highest BCUT2D eigenvalue weighted by molar-refractivity contribution is 7.80. The number of benzene rings is 1. The summed E-state index contributed by atoms with van der Waals surface area (Å²) in [5.41, 5.74) is 0.680. The van der Waals surface area contributed by atoms with Crippen LogP contribution < -0.4 is 5.32 Å². The molecule has 0 saturated heterocycles. The molecule has 1 N–H and O–H groups in total. The largest absolute Gasteiger partial charge is 0.326 e. The van der Waals surface area contributed by atoms with E-state index in [4.69, 9.17) is 4.18 Å². The minimum atomic E-state index is -1.42. The number of rotatable bonds is 4. The second-order valence-corrected chi connectivity index (χ2v) is 4.02. The van der Waals surface area contributed by atoms with Crippen LogP contribution in [0.1, 0.15) is 13.8 Å². The summed E-state index contributed by atoms with van der Waals surface area (Å²) >= 11 is -1.42. The summed E-state index contributed by atoms with van der Waals surface area (Å²) in [6.45, 7) is 3.62. The Kier molecular flexibility index (Phi) is 4.45. The zero-order valence-corrected chi connectivity index (χ0v) is 9.47. The third kappa shape index (κ3) is 3.81. The van der Waals surface area contributed by atoms with E-state index in [0.717, 1.165) is 0 Å². The van der Waals surface area contributed by atoms with Crippen molar-refractivity contribution in [2.24, 2.45) is 0 Å². The Bertz CT molecular complexity index is 361. The van der Waals surface area contributed by atoms with Gasteiger partial charge in [-0.25, -0.2) is 4.21 Å². The van der Waals surface area contributed by atoms with Crippen molar-refractivity contribution in [3.63, 3.8) is 0 Å². The normalized spacial score (nSPS) is 12.1. The maximum Gasteiger partial charge on any atom is 0.221 e. The zero-order chi connectivity index (χ0) is 11.3. The van der Waals surface area contributed by atoms with Crippen LogP contribution >= 0.6 is 0 Å². The second kappa shape index (κ2) is 5.63. The lowest BCUT2D eigenvalue weighted by Crippen LogP contribution is -2.05. The van der Waals surface area contributed by atoms with Crippen molar-refractivity contribution in [3.8, 4) is 0 Å². The maximum absolute atomic E-state index is 11.4. The molecule has 0 unspecified atom stereocenters. The van der Waals surface area contributed by atoms with Crippen LogP contribution in [0.3, 0.4) is 0 Å². The molecule has 15 heavy (non-hydrogen) atoms. The van der Waals surface area contributed by atoms with Gasteiger partial charge >= 0.3 is 0 Å². The number of carbonyl (C=O) groups excluding carboxylic acids is 1. The summed E-state index contributed by atoms with van der Waals surface area (Å²) in [6, 6.07) is 6.70. The molecule has 0 radical (unpaired) electrons. The maximum atomic E-state index is 11.4. The molecule has 0 aliphatic carbocycles. The quantitative estimate of drug-likeness (QED) is 0.851. The van der Waals surface area contributed by atoms with Gasteiger partial charge in [0.2, 0.25) is 5.91 Å². The molecule has 82 valence electrons. The van der Waals surface area contributed by atoms with Crippen LogP contribution in [0.2, 0.25) is 0 Å². The van der Waals surface area contributed by atoms with E-state index in [1.54, 1.807) is 31.2 Å². The average Bonchev–Trinajstić information content (AvgIpc) is 2.18. The van der Waals surface area contributed by atoms with Crippen LogP contribution in [-0.2, 0) is 20.1 Å². The molecular formula is C10H13NO3S. The van der Waals surface area contributed by atoms with Gasteiger partial charge in [-0.2, -0.15) is 0 Å². The Balaban J connectivity index is 2.71. The summed E-state index contributed by atoms with van der Waals surface area (Å²) in [5.74, 6) is -0.131. The molecule has 0 aliphatic heterocycles. The van der Waals surface area contributed by atoms with Crippen LogP contribution in [0.25, 0.3) is 0 Å².